The van der Waals surface area contributed by atoms with Crippen molar-refractivity contribution in [3.63, 3.8) is 0 Å². The van der Waals surface area contributed by atoms with Gasteiger partial charge in [-0.15, -0.1) is 0 Å². The molecular weight excluding hydrogens is 312 g/mol. The fourth-order valence-corrected chi connectivity index (χ4v) is 3.86. The summed E-state index contributed by atoms with van der Waals surface area (Å²) >= 11 is 3.50. The van der Waals surface area contributed by atoms with E-state index in [0.29, 0.717) is 5.41 Å². The first-order valence-corrected chi connectivity index (χ1v) is 8.50. The van der Waals surface area contributed by atoms with Crippen LogP contribution in [0.2, 0.25) is 0 Å². The van der Waals surface area contributed by atoms with Crippen LogP contribution in [0.3, 0.4) is 0 Å². The van der Waals surface area contributed by atoms with Crippen molar-refractivity contribution in [3.8, 4) is 0 Å². The van der Waals surface area contributed by atoms with Crippen LogP contribution in [0.4, 0.5) is 0 Å². The summed E-state index contributed by atoms with van der Waals surface area (Å²) in [6.07, 6.45) is 6.96. The predicted molar refractivity (Wildman–Crippen MR) is 89.9 cm³/mol. The second kappa shape index (κ2) is 7.58. The van der Waals surface area contributed by atoms with E-state index in [4.69, 9.17) is 0 Å². The van der Waals surface area contributed by atoms with E-state index in [1.165, 1.54) is 44.2 Å². The molecule has 0 heterocycles. The van der Waals surface area contributed by atoms with E-state index >= 15 is 0 Å². The van der Waals surface area contributed by atoms with Gasteiger partial charge in [0.15, 0.2) is 0 Å². The van der Waals surface area contributed by atoms with Gasteiger partial charge in [-0.1, -0.05) is 47.3 Å². The van der Waals surface area contributed by atoms with Crippen LogP contribution in [0.15, 0.2) is 28.7 Å². The van der Waals surface area contributed by atoms with Crippen LogP contribution in [0.25, 0.3) is 0 Å². The number of hydrogen-bond donors (Lipinski definition) is 1. The molecule has 0 radical (unpaired) electrons. The first-order valence-electron chi connectivity index (χ1n) is 7.71. The molecule has 0 unspecified atom stereocenters. The molecule has 1 fully saturated rings. The highest BCUT2D eigenvalue weighted by molar-refractivity contribution is 9.10. The van der Waals surface area contributed by atoms with Gasteiger partial charge < -0.3 is 10.2 Å². The smallest absolute Gasteiger partial charge is 0.0230 e. The average molecular weight is 339 g/mol. The molecule has 1 aromatic rings. The zero-order chi connectivity index (χ0) is 14.4. The average Bonchev–Trinajstić information content (AvgIpc) is 2.42. The van der Waals surface area contributed by atoms with Crippen LogP contribution in [0.5, 0.6) is 0 Å². The van der Waals surface area contributed by atoms with Crippen LogP contribution < -0.4 is 5.32 Å². The first kappa shape index (κ1) is 16.0. The second-order valence-electron chi connectivity index (χ2n) is 6.39. The van der Waals surface area contributed by atoms with E-state index in [9.17, 15) is 0 Å². The highest BCUT2D eigenvalue weighted by Gasteiger charge is 2.32. The van der Waals surface area contributed by atoms with Crippen LogP contribution in [-0.2, 0) is 6.54 Å². The van der Waals surface area contributed by atoms with E-state index in [2.05, 4.69) is 64.5 Å². The Morgan fingerprint density at radius 1 is 1.15 bits per heavy atom. The molecule has 1 N–H and O–H groups in total. The molecule has 1 saturated carbocycles. The number of benzene rings is 1. The van der Waals surface area contributed by atoms with Gasteiger partial charge in [-0.25, -0.2) is 0 Å². The first-order chi connectivity index (χ1) is 9.63. The number of rotatable bonds is 6. The van der Waals surface area contributed by atoms with Crippen molar-refractivity contribution >= 4 is 15.9 Å². The third-order valence-corrected chi connectivity index (χ3v) is 4.97. The van der Waals surface area contributed by atoms with E-state index in [0.717, 1.165) is 17.6 Å². The molecule has 1 aliphatic carbocycles. The summed E-state index contributed by atoms with van der Waals surface area (Å²) in [6.45, 7) is 3.39. The van der Waals surface area contributed by atoms with Crippen LogP contribution in [0.1, 0.15) is 37.7 Å². The van der Waals surface area contributed by atoms with E-state index in [-0.39, 0.29) is 0 Å². The lowest BCUT2D eigenvalue weighted by atomic mass is 9.73. The molecule has 0 amide bonds. The second-order valence-corrected chi connectivity index (χ2v) is 7.31. The zero-order valence-corrected chi connectivity index (χ0v) is 14.4. The molecule has 2 nitrogen and oxygen atoms in total. The maximum absolute atomic E-state index is 3.50. The fraction of sp³-hybridized carbons (Fsp3) is 0.647. The Bertz CT molecular complexity index is 390. The normalized spacial score (nSPS) is 18.4. The maximum atomic E-state index is 3.50. The Morgan fingerprint density at radius 2 is 1.80 bits per heavy atom. The minimum atomic E-state index is 0.483. The van der Waals surface area contributed by atoms with Crippen LogP contribution in [0, 0.1) is 5.41 Å². The third-order valence-electron chi connectivity index (χ3n) is 4.44. The SMILES string of the molecule is CNCC1(CN(C)Cc2ccc(Br)cc2)CCCCC1. The summed E-state index contributed by atoms with van der Waals surface area (Å²) in [5, 5.41) is 3.42. The highest BCUT2D eigenvalue weighted by Crippen LogP contribution is 2.36. The molecule has 0 aliphatic heterocycles. The van der Waals surface area contributed by atoms with Gasteiger partial charge >= 0.3 is 0 Å². The minimum absolute atomic E-state index is 0.483. The molecule has 20 heavy (non-hydrogen) atoms. The molecule has 0 bridgehead atoms. The van der Waals surface area contributed by atoms with Crippen molar-refractivity contribution in [2.75, 3.05) is 27.2 Å². The Labute approximate surface area is 132 Å². The van der Waals surface area contributed by atoms with Crippen LogP contribution >= 0.6 is 15.9 Å². The van der Waals surface area contributed by atoms with Gasteiger partial charge in [0.05, 0.1) is 0 Å². The van der Waals surface area contributed by atoms with Gasteiger partial charge in [-0.3, -0.25) is 0 Å². The topological polar surface area (TPSA) is 15.3 Å². The summed E-state index contributed by atoms with van der Waals surface area (Å²) in [7, 11) is 4.35. The van der Waals surface area contributed by atoms with Crippen molar-refractivity contribution in [2.24, 2.45) is 5.41 Å². The largest absolute Gasteiger partial charge is 0.319 e. The van der Waals surface area contributed by atoms with Gasteiger partial charge in [0.1, 0.15) is 0 Å². The molecule has 1 aromatic carbocycles. The Balaban J connectivity index is 1.93. The molecular formula is C17H27BrN2. The van der Waals surface area contributed by atoms with Crippen molar-refractivity contribution < 1.29 is 0 Å². The van der Waals surface area contributed by atoms with Gasteiger partial charge in [0, 0.05) is 24.1 Å². The third kappa shape index (κ3) is 4.57. The highest BCUT2D eigenvalue weighted by atomic mass is 79.9. The molecule has 0 atom stereocenters. The summed E-state index contributed by atoms with van der Waals surface area (Å²) in [5.74, 6) is 0. The lowest BCUT2D eigenvalue weighted by Gasteiger charge is -2.40. The van der Waals surface area contributed by atoms with E-state index < -0.39 is 0 Å². The molecule has 112 valence electrons. The van der Waals surface area contributed by atoms with Gasteiger partial charge in [0.25, 0.3) is 0 Å². The zero-order valence-electron chi connectivity index (χ0n) is 12.8. The van der Waals surface area contributed by atoms with Crippen molar-refractivity contribution in [1.82, 2.24) is 10.2 Å². The van der Waals surface area contributed by atoms with Gasteiger partial charge in [-0.05, 0) is 50.0 Å². The van der Waals surface area contributed by atoms with Crippen molar-refractivity contribution in [2.45, 2.75) is 38.6 Å². The van der Waals surface area contributed by atoms with Gasteiger partial charge in [-0.2, -0.15) is 0 Å². The van der Waals surface area contributed by atoms with Crippen LogP contribution in [-0.4, -0.2) is 32.1 Å². The number of halogens is 1. The molecule has 3 heteroatoms. The van der Waals surface area contributed by atoms with Crippen molar-refractivity contribution in [1.29, 1.82) is 0 Å². The minimum Gasteiger partial charge on any atom is -0.319 e. The molecule has 1 aliphatic rings. The quantitative estimate of drug-likeness (QED) is 0.841. The summed E-state index contributed by atoms with van der Waals surface area (Å²) in [4.78, 5) is 2.49. The molecule has 0 spiro atoms. The fourth-order valence-electron chi connectivity index (χ4n) is 3.60. The lowest BCUT2D eigenvalue weighted by molar-refractivity contribution is 0.116. The number of nitrogens with one attached hydrogen (secondary N) is 1. The Hall–Kier alpha value is -0.380. The van der Waals surface area contributed by atoms with E-state index in [1.54, 1.807) is 0 Å². The predicted octanol–water partition coefficient (Wildman–Crippen LogP) is 4.05. The lowest BCUT2D eigenvalue weighted by Crippen LogP contribution is -2.43. The van der Waals surface area contributed by atoms with Crippen molar-refractivity contribution in [3.05, 3.63) is 34.3 Å². The molecule has 0 aromatic heterocycles. The standard InChI is InChI=1S/C17H27BrN2/c1-19-13-17(10-4-3-5-11-17)14-20(2)12-15-6-8-16(18)9-7-15/h6-9,19H,3-5,10-14H2,1-2H3. The Kier molecular flexibility index (Phi) is 6.06. The monoisotopic (exact) mass is 338 g/mol. The molecule has 2 rings (SSSR count). The molecule has 0 saturated heterocycles. The van der Waals surface area contributed by atoms with Gasteiger partial charge in [0.2, 0.25) is 0 Å². The summed E-state index contributed by atoms with van der Waals surface area (Å²) in [5.41, 5.74) is 1.88. The number of nitrogens with zero attached hydrogens (tertiary/aromatic N) is 1. The van der Waals surface area contributed by atoms with E-state index in [1.807, 2.05) is 0 Å². The number of hydrogen-bond acceptors (Lipinski definition) is 2. The maximum Gasteiger partial charge on any atom is 0.0230 e. The Morgan fingerprint density at radius 3 is 2.40 bits per heavy atom. The summed E-state index contributed by atoms with van der Waals surface area (Å²) in [6, 6.07) is 8.69. The summed E-state index contributed by atoms with van der Waals surface area (Å²) < 4.78 is 1.16.